The molecule has 1 aliphatic heterocycles. The molecule has 1 aromatic carbocycles. The Morgan fingerprint density at radius 3 is 2.76 bits per heavy atom. The minimum atomic E-state index is -4.41. The smallest absolute Gasteiger partial charge is 0.362 e. The molecule has 0 fully saturated rings. The van der Waals surface area contributed by atoms with Crippen LogP contribution in [-0.2, 0) is 25.1 Å². The summed E-state index contributed by atoms with van der Waals surface area (Å²) in [6.07, 6.45) is -2.78. The van der Waals surface area contributed by atoms with Crippen molar-refractivity contribution in [1.82, 2.24) is 14.8 Å². The quantitative estimate of drug-likeness (QED) is 0.799. The summed E-state index contributed by atoms with van der Waals surface area (Å²) in [6.45, 7) is 1.71. The van der Waals surface area contributed by atoms with Crippen molar-refractivity contribution in [3.63, 3.8) is 0 Å². The summed E-state index contributed by atoms with van der Waals surface area (Å²) in [5.41, 5.74) is -0.0689. The summed E-state index contributed by atoms with van der Waals surface area (Å²) in [6, 6.07) is 4.26. The first-order valence-electron chi connectivity index (χ1n) is 6.37. The molecule has 4 nitrogen and oxygen atoms in total. The number of nitrogens with zero attached hydrogens (tertiary/aromatic N) is 4. The third-order valence-corrected chi connectivity index (χ3v) is 3.83. The van der Waals surface area contributed by atoms with Crippen molar-refractivity contribution in [2.75, 3.05) is 11.4 Å². The molecule has 2 heterocycles. The highest BCUT2D eigenvalue weighted by molar-refractivity contribution is 6.17. The summed E-state index contributed by atoms with van der Waals surface area (Å²) in [7, 11) is 0. The lowest BCUT2D eigenvalue weighted by molar-refractivity contribution is -0.138. The van der Waals surface area contributed by atoms with Crippen molar-refractivity contribution in [2.24, 2.45) is 0 Å². The van der Waals surface area contributed by atoms with Crippen molar-refractivity contribution in [3.8, 4) is 0 Å². The Kier molecular flexibility index (Phi) is 3.52. The normalized spacial score (nSPS) is 15.1. The molecule has 0 spiro atoms. The number of hydrogen-bond acceptors (Lipinski definition) is 3. The van der Waals surface area contributed by atoms with E-state index < -0.39 is 11.7 Å². The van der Waals surface area contributed by atoms with Crippen LogP contribution < -0.4 is 4.90 Å². The second-order valence-corrected chi connectivity index (χ2v) is 5.10. The minimum absolute atomic E-state index is 0.0908. The molecule has 0 bridgehead atoms. The van der Waals surface area contributed by atoms with Gasteiger partial charge >= 0.3 is 6.18 Å². The van der Waals surface area contributed by atoms with Crippen LogP contribution >= 0.6 is 11.6 Å². The van der Waals surface area contributed by atoms with Crippen LogP contribution in [0.2, 0.25) is 0 Å². The molecule has 0 saturated heterocycles. The highest BCUT2D eigenvalue weighted by atomic mass is 35.5. The molecule has 21 heavy (non-hydrogen) atoms. The van der Waals surface area contributed by atoms with E-state index in [0.29, 0.717) is 25.3 Å². The van der Waals surface area contributed by atoms with Gasteiger partial charge in [0.1, 0.15) is 6.33 Å². The zero-order valence-corrected chi connectivity index (χ0v) is 11.7. The minimum Gasteiger partial charge on any atom is -0.362 e. The van der Waals surface area contributed by atoms with E-state index in [1.165, 1.54) is 6.07 Å². The molecule has 0 aliphatic carbocycles. The first kappa shape index (κ1) is 14.2. The molecular weight excluding hydrogens is 305 g/mol. The Labute approximate surface area is 124 Å². The maximum absolute atomic E-state index is 13.1. The van der Waals surface area contributed by atoms with Crippen molar-refractivity contribution in [1.29, 1.82) is 0 Å². The third kappa shape index (κ3) is 2.70. The van der Waals surface area contributed by atoms with Crippen LogP contribution in [-0.4, -0.2) is 21.3 Å². The van der Waals surface area contributed by atoms with E-state index >= 15 is 0 Å². The van der Waals surface area contributed by atoms with Gasteiger partial charge in [0.05, 0.1) is 12.1 Å². The van der Waals surface area contributed by atoms with Gasteiger partial charge in [-0.3, -0.25) is 0 Å². The molecule has 0 atom stereocenters. The first-order valence-corrected chi connectivity index (χ1v) is 6.90. The molecule has 0 radical (unpaired) electrons. The van der Waals surface area contributed by atoms with Crippen molar-refractivity contribution in [2.45, 2.75) is 25.1 Å². The third-order valence-electron chi connectivity index (χ3n) is 3.55. The van der Waals surface area contributed by atoms with E-state index in [-0.39, 0.29) is 11.4 Å². The molecule has 0 N–H and O–H groups in total. The lowest BCUT2D eigenvalue weighted by atomic mass is 10.1. The molecule has 0 amide bonds. The first-order chi connectivity index (χ1) is 9.99. The number of aromatic nitrogens is 3. The molecule has 3 rings (SSSR count). The van der Waals surface area contributed by atoms with Crippen LogP contribution in [0, 0.1) is 0 Å². The second kappa shape index (κ2) is 5.22. The van der Waals surface area contributed by atoms with Gasteiger partial charge in [-0.25, -0.2) is 0 Å². The zero-order chi connectivity index (χ0) is 15.0. The van der Waals surface area contributed by atoms with Gasteiger partial charge in [-0.05, 0) is 17.7 Å². The van der Waals surface area contributed by atoms with Gasteiger partial charge in [0.25, 0.3) is 0 Å². The van der Waals surface area contributed by atoms with Gasteiger partial charge in [0.15, 0.2) is 5.82 Å². The van der Waals surface area contributed by atoms with Gasteiger partial charge in [-0.1, -0.05) is 6.07 Å². The lowest BCUT2D eigenvalue weighted by Crippen LogP contribution is -2.33. The van der Waals surface area contributed by atoms with Crippen LogP contribution in [0.3, 0.4) is 0 Å². The Balaban J connectivity index is 1.93. The predicted octanol–water partition coefficient (Wildman–Crippen LogP) is 3.06. The number of fused-ring (bicyclic) bond motifs is 1. The predicted molar refractivity (Wildman–Crippen MR) is 72.1 cm³/mol. The molecule has 8 heteroatoms. The zero-order valence-electron chi connectivity index (χ0n) is 10.9. The molecule has 0 saturated carbocycles. The van der Waals surface area contributed by atoms with E-state index in [1.54, 1.807) is 12.4 Å². The summed E-state index contributed by atoms with van der Waals surface area (Å²) < 4.78 is 41.1. The molecule has 1 aromatic heterocycles. The number of halogens is 4. The van der Waals surface area contributed by atoms with E-state index in [2.05, 4.69) is 10.2 Å². The number of rotatable bonds is 2. The number of anilines is 1. The van der Waals surface area contributed by atoms with Crippen molar-refractivity contribution in [3.05, 3.63) is 41.5 Å². The van der Waals surface area contributed by atoms with E-state index in [1.807, 2.05) is 9.47 Å². The maximum Gasteiger partial charge on any atom is 0.416 e. The second-order valence-electron chi connectivity index (χ2n) is 4.83. The van der Waals surface area contributed by atoms with E-state index in [4.69, 9.17) is 11.6 Å². The molecule has 0 unspecified atom stereocenters. The van der Waals surface area contributed by atoms with Crippen LogP contribution in [0.4, 0.5) is 18.9 Å². The number of hydrogen-bond donors (Lipinski definition) is 0. The van der Waals surface area contributed by atoms with Gasteiger partial charge in [0, 0.05) is 24.7 Å². The summed E-state index contributed by atoms with van der Waals surface area (Å²) in [4.78, 5) is 1.86. The SMILES string of the molecule is FC(F)(F)c1cc(N2CCn3cnnc3C2)ccc1CCl. The molecule has 2 aromatic rings. The van der Waals surface area contributed by atoms with Gasteiger partial charge in [0.2, 0.25) is 0 Å². The fourth-order valence-corrected chi connectivity index (χ4v) is 2.66. The monoisotopic (exact) mass is 316 g/mol. The van der Waals surface area contributed by atoms with Gasteiger partial charge < -0.3 is 9.47 Å². The van der Waals surface area contributed by atoms with Crippen LogP contribution in [0.25, 0.3) is 0 Å². The fourth-order valence-electron chi connectivity index (χ4n) is 2.43. The van der Waals surface area contributed by atoms with Crippen molar-refractivity contribution < 1.29 is 13.2 Å². The highest BCUT2D eigenvalue weighted by Crippen LogP contribution is 2.35. The topological polar surface area (TPSA) is 34.0 Å². The van der Waals surface area contributed by atoms with Crippen molar-refractivity contribution >= 4 is 17.3 Å². The number of benzene rings is 1. The number of alkyl halides is 4. The largest absolute Gasteiger partial charge is 0.416 e. The van der Waals surface area contributed by atoms with Crippen LogP contribution in [0.15, 0.2) is 24.5 Å². The van der Waals surface area contributed by atoms with Gasteiger partial charge in [-0.15, -0.1) is 21.8 Å². The average Bonchev–Trinajstić information content (AvgIpc) is 2.93. The highest BCUT2D eigenvalue weighted by Gasteiger charge is 2.34. The van der Waals surface area contributed by atoms with E-state index in [0.717, 1.165) is 11.9 Å². The Morgan fingerprint density at radius 2 is 2.05 bits per heavy atom. The summed E-state index contributed by atoms with van der Waals surface area (Å²) in [5, 5.41) is 7.77. The Hall–Kier alpha value is -1.76. The standard InChI is InChI=1S/C13H12ClF3N4/c14-6-9-1-2-10(5-11(9)13(15,16)17)20-3-4-21-8-18-19-12(21)7-20/h1-2,5,8H,3-4,6-7H2. The molecule has 1 aliphatic rings. The molecular formula is C13H12ClF3N4. The Morgan fingerprint density at radius 1 is 1.24 bits per heavy atom. The van der Waals surface area contributed by atoms with Gasteiger partial charge in [-0.2, -0.15) is 13.2 Å². The summed E-state index contributed by atoms with van der Waals surface area (Å²) in [5.74, 6) is 0.583. The fraction of sp³-hybridized carbons (Fsp3) is 0.385. The average molecular weight is 317 g/mol. The summed E-state index contributed by atoms with van der Waals surface area (Å²) >= 11 is 5.59. The van der Waals surface area contributed by atoms with Crippen LogP contribution in [0.5, 0.6) is 0 Å². The Bertz CT molecular complexity index is 653. The lowest BCUT2D eigenvalue weighted by Gasteiger charge is -2.29. The van der Waals surface area contributed by atoms with E-state index in [9.17, 15) is 13.2 Å². The molecule has 112 valence electrons. The van der Waals surface area contributed by atoms with Crippen LogP contribution in [0.1, 0.15) is 17.0 Å². The maximum atomic E-state index is 13.1.